The van der Waals surface area contributed by atoms with Gasteiger partial charge in [0, 0.05) is 34.7 Å². The summed E-state index contributed by atoms with van der Waals surface area (Å²) >= 11 is 0. The number of hydrogen-bond acceptors (Lipinski definition) is 7. The zero-order chi connectivity index (χ0) is 32.7. The number of rotatable bonds is 5. The minimum atomic E-state index is -0.0329. The van der Waals surface area contributed by atoms with E-state index in [1.165, 1.54) is 17.7 Å². The summed E-state index contributed by atoms with van der Waals surface area (Å²) in [6, 6.07) is 34.6. The summed E-state index contributed by atoms with van der Waals surface area (Å²) in [5.41, 5.74) is 5.67. The molecule has 4 aromatic heterocycles. The lowest BCUT2D eigenvalue weighted by molar-refractivity contribution is 0.464. The molecule has 0 aliphatic heterocycles. The van der Waals surface area contributed by atoms with E-state index in [2.05, 4.69) is 78.0 Å². The van der Waals surface area contributed by atoms with Gasteiger partial charge in [-0.1, -0.05) is 45.0 Å². The molecule has 7 aromatic rings. The van der Waals surface area contributed by atoms with Gasteiger partial charge in [-0.05, 0) is 65.6 Å². The second-order valence-electron chi connectivity index (χ2n) is 12.1. The number of aromatic nitrogens is 5. The minimum absolute atomic E-state index is 0.0329. The highest BCUT2D eigenvalue weighted by molar-refractivity contribution is 6.09. The van der Waals surface area contributed by atoms with Crippen molar-refractivity contribution in [2.24, 2.45) is 0 Å². The molecule has 0 saturated heterocycles. The Morgan fingerprint density at radius 3 is 2.26 bits per heavy atom. The lowest BCUT2D eigenvalue weighted by atomic mass is 9.88. The molecule has 0 aliphatic carbocycles. The van der Waals surface area contributed by atoms with E-state index in [1.54, 1.807) is 12.1 Å². The van der Waals surface area contributed by atoms with Crippen LogP contribution in [0.25, 0.3) is 50.3 Å². The van der Waals surface area contributed by atoms with Crippen LogP contribution >= 0.6 is 0 Å². The van der Waals surface area contributed by atoms with E-state index >= 15 is 0 Å². The first kappa shape index (κ1) is 29.0. The molecule has 7 rings (SSSR count). The van der Waals surface area contributed by atoms with Gasteiger partial charge >= 0.3 is 0 Å². The van der Waals surface area contributed by atoms with E-state index in [9.17, 15) is 15.8 Å². The summed E-state index contributed by atoms with van der Waals surface area (Å²) in [5.74, 6) is 1.82. The molecule has 0 spiro atoms. The van der Waals surface area contributed by atoms with Gasteiger partial charge in [0.25, 0.3) is 0 Å². The number of ether oxygens (including phenoxy) is 1. The van der Waals surface area contributed by atoms with Crippen molar-refractivity contribution >= 4 is 21.8 Å². The van der Waals surface area contributed by atoms with Gasteiger partial charge in [-0.15, -0.1) is 0 Å². The maximum absolute atomic E-state index is 9.71. The highest BCUT2D eigenvalue weighted by Gasteiger charge is 2.19. The molecule has 4 heterocycles. The molecule has 0 bridgehead atoms. The first-order valence-corrected chi connectivity index (χ1v) is 14.9. The molecule has 224 valence electrons. The topological polar surface area (TPSA) is 140 Å². The van der Waals surface area contributed by atoms with Crippen molar-refractivity contribution in [3.05, 3.63) is 119 Å². The SMILES string of the molecule is CC(C)(C)c1ccnc(-n2c3ccccc3c3ccc(Oc4cccc(-c5cc(-c6c(C#N)cc(C#N)cc6C#N)n[nH]5)n4)cc32)c1. The third-order valence-corrected chi connectivity index (χ3v) is 8.05. The molecule has 0 amide bonds. The van der Waals surface area contributed by atoms with Crippen molar-refractivity contribution in [1.29, 1.82) is 15.8 Å². The van der Waals surface area contributed by atoms with E-state index < -0.39 is 0 Å². The third kappa shape index (κ3) is 5.21. The number of benzene rings is 3. The Morgan fingerprint density at radius 1 is 0.745 bits per heavy atom. The Labute approximate surface area is 270 Å². The first-order chi connectivity index (χ1) is 22.8. The van der Waals surface area contributed by atoms with Gasteiger partial charge in [0.05, 0.1) is 63.0 Å². The van der Waals surface area contributed by atoms with Crippen LogP contribution in [0.4, 0.5) is 0 Å². The number of H-pyrrole nitrogens is 1. The Bertz CT molecular complexity index is 2440. The van der Waals surface area contributed by atoms with E-state index in [-0.39, 0.29) is 22.1 Å². The predicted molar refractivity (Wildman–Crippen MR) is 179 cm³/mol. The van der Waals surface area contributed by atoms with Gasteiger partial charge in [-0.2, -0.15) is 20.9 Å². The van der Waals surface area contributed by atoms with Gasteiger partial charge in [0.1, 0.15) is 11.6 Å². The van der Waals surface area contributed by atoms with Crippen LogP contribution in [0.15, 0.2) is 97.2 Å². The Balaban J connectivity index is 1.26. The summed E-state index contributed by atoms with van der Waals surface area (Å²) in [7, 11) is 0. The summed E-state index contributed by atoms with van der Waals surface area (Å²) < 4.78 is 8.47. The third-order valence-electron chi connectivity index (χ3n) is 8.05. The molecule has 0 unspecified atom stereocenters. The number of hydrogen-bond donors (Lipinski definition) is 1. The Hall–Kier alpha value is -6.76. The predicted octanol–water partition coefficient (Wildman–Crippen LogP) is 8.34. The van der Waals surface area contributed by atoms with Crippen LogP contribution in [0.3, 0.4) is 0 Å². The van der Waals surface area contributed by atoms with Gasteiger partial charge in [-0.25, -0.2) is 9.97 Å². The Kier molecular flexibility index (Phi) is 6.97. The van der Waals surface area contributed by atoms with E-state index in [0.717, 1.165) is 27.6 Å². The number of nitrogens with one attached hydrogen (secondary N) is 1. The summed E-state index contributed by atoms with van der Waals surface area (Å²) in [6.45, 7) is 6.57. The minimum Gasteiger partial charge on any atom is -0.439 e. The fraction of sp³-hybridized carbons (Fsp3) is 0.105. The van der Waals surface area contributed by atoms with E-state index in [0.29, 0.717) is 34.3 Å². The second kappa shape index (κ2) is 11.3. The highest BCUT2D eigenvalue weighted by atomic mass is 16.5. The van der Waals surface area contributed by atoms with Gasteiger partial charge in [0.15, 0.2) is 0 Å². The van der Waals surface area contributed by atoms with Gasteiger partial charge in [0.2, 0.25) is 5.88 Å². The van der Waals surface area contributed by atoms with Crippen LogP contribution in [0.1, 0.15) is 43.0 Å². The fourth-order valence-corrected chi connectivity index (χ4v) is 5.75. The second-order valence-corrected chi connectivity index (χ2v) is 12.1. The van der Waals surface area contributed by atoms with Crippen LogP contribution in [0.5, 0.6) is 11.6 Å². The number of nitrogens with zero attached hydrogens (tertiary/aromatic N) is 7. The summed E-state index contributed by atoms with van der Waals surface area (Å²) in [6.07, 6.45) is 1.86. The average Bonchev–Trinajstić information content (AvgIpc) is 3.70. The molecule has 0 aliphatic rings. The highest BCUT2D eigenvalue weighted by Crippen LogP contribution is 2.36. The van der Waals surface area contributed by atoms with E-state index in [1.807, 2.05) is 48.7 Å². The van der Waals surface area contributed by atoms with Crippen molar-refractivity contribution in [2.75, 3.05) is 0 Å². The van der Waals surface area contributed by atoms with Crippen LogP contribution in [0.2, 0.25) is 0 Å². The summed E-state index contributed by atoms with van der Waals surface area (Å²) in [4.78, 5) is 9.47. The molecule has 0 atom stereocenters. The molecule has 1 N–H and O–H groups in total. The van der Waals surface area contributed by atoms with Crippen LogP contribution in [-0.4, -0.2) is 24.7 Å². The smallest absolute Gasteiger partial charge is 0.219 e. The average molecular weight is 611 g/mol. The van der Waals surface area contributed by atoms with Crippen molar-refractivity contribution in [3.63, 3.8) is 0 Å². The van der Waals surface area contributed by atoms with Gasteiger partial charge in [-0.3, -0.25) is 9.67 Å². The molecular weight excluding hydrogens is 584 g/mol. The molecule has 9 heteroatoms. The maximum Gasteiger partial charge on any atom is 0.219 e. The number of nitriles is 3. The maximum atomic E-state index is 9.71. The standard InChI is InChI=1S/C38H26N8O/c1-38(2,3)26-13-14-42-35(17-26)46-33-9-5-4-7-28(33)29-12-11-27(18-34(29)46)47-36-10-6-8-30(43-36)31-19-32(45-44-31)37-24(21-40)15-23(20-39)16-25(37)22-41/h4-19H,1-3H3,(H,44,45). The van der Waals surface area contributed by atoms with Crippen molar-refractivity contribution in [1.82, 2.24) is 24.7 Å². The zero-order valence-corrected chi connectivity index (χ0v) is 25.8. The zero-order valence-electron chi connectivity index (χ0n) is 25.8. The number of fused-ring (bicyclic) bond motifs is 3. The van der Waals surface area contributed by atoms with Crippen LogP contribution in [-0.2, 0) is 5.41 Å². The number of aromatic amines is 1. The van der Waals surface area contributed by atoms with E-state index in [4.69, 9.17) is 14.7 Å². The largest absolute Gasteiger partial charge is 0.439 e. The van der Waals surface area contributed by atoms with Gasteiger partial charge < -0.3 is 4.74 Å². The molecule has 0 radical (unpaired) electrons. The molecular formula is C38H26N8O. The van der Waals surface area contributed by atoms with Crippen LogP contribution in [0, 0.1) is 34.0 Å². The number of pyridine rings is 2. The van der Waals surface area contributed by atoms with Crippen molar-refractivity contribution in [2.45, 2.75) is 26.2 Å². The summed E-state index contributed by atoms with van der Waals surface area (Å²) in [5, 5.41) is 38.2. The lowest BCUT2D eigenvalue weighted by Crippen LogP contribution is -2.12. The molecule has 47 heavy (non-hydrogen) atoms. The van der Waals surface area contributed by atoms with Crippen molar-refractivity contribution in [3.8, 4) is 58.3 Å². The lowest BCUT2D eigenvalue weighted by Gasteiger charge is -2.20. The molecule has 0 fully saturated rings. The Morgan fingerprint density at radius 2 is 1.51 bits per heavy atom. The normalized spacial score (nSPS) is 11.2. The fourth-order valence-electron chi connectivity index (χ4n) is 5.75. The quantitative estimate of drug-likeness (QED) is 0.207. The number of para-hydroxylation sites is 1. The van der Waals surface area contributed by atoms with Crippen molar-refractivity contribution < 1.29 is 4.74 Å². The first-order valence-electron chi connectivity index (χ1n) is 14.9. The molecule has 3 aromatic carbocycles. The molecule has 9 nitrogen and oxygen atoms in total. The monoisotopic (exact) mass is 610 g/mol. The van der Waals surface area contributed by atoms with Crippen LogP contribution < -0.4 is 4.74 Å². The molecule has 0 saturated carbocycles.